The standard InChI is InChI=1S/C13H15N3O/c1-4-13(17)11-5-7-12(8-6-11)16-10(3)14-9(2)15-16/h5-8H,4H2,1-3H3. The average molecular weight is 229 g/mol. The number of carbonyl (C=O) groups is 1. The summed E-state index contributed by atoms with van der Waals surface area (Å²) in [7, 11) is 0. The summed E-state index contributed by atoms with van der Waals surface area (Å²) in [6.45, 7) is 5.63. The molecule has 0 saturated carbocycles. The number of ketones is 1. The summed E-state index contributed by atoms with van der Waals surface area (Å²) in [5, 5.41) is 4.30. The zero-order valence-electron chi connectivity index (χ0n) is 10.3. The predicted molar refractivity (Wildman–Crippen MR) is 65.5 cm³/mol. The molecule has 0 aliphatic rings. The molecule has 0 unspecified atom stereocenters. The van der Waals surface area contributed by atoms with E-state index in [0.29, 0.717) is 6.42 Å². The summed E-state index contributed by atoms with van der Waals surface area (Å²) in [5.41, 5.74) is 1.67. The number of carbonyl (C=O) groups excluding carboxylic acids is 1. The minimum Gasteiger partial charge on any atom is -0.294 e. The van der Waals surface area contributed by atoms with Gasteiger partial charge in [0.25, 0.3) is 0 Å². The van der Waals surface area contributed by atoms with Crippen LogP contribution in [0.25, 0.3) is 5.69 Å². The van der Waals surface area contributed by atoms with Gasteiger partial charge in [0, 0.05) is 12.0 Å². The number of benzene rings is 1. The van der Waals surface area contributed by atoms with Crippen LogP contribution in [0, 0.1) is 13.8 Å². The Balaban J connectivity index is 2.35. The molecule has 0 amide bonds. The van der Waals surface area contributed by atoms with Crippen LogP contribution < -0.4 is 0 Å². The lowest BCUT2D eigenvalue weighted by atomic mass is 10.1. The zero-order valence-corrected chi connectivity index (χ0v) is 10.3. The van der Waals surface area contributed by atoms with Crippen molar-refractivity contribution in [2.24, 2.45) is 0 Å². The van der Waals surface area contributed by atoms with Crippen LogP contribution in [0.5, 0.6) is 0 Å². The predicted octanol–water partition coefficient (Wildman–Crippen LogP) is 2.48. The van der Waals surface area contributed by atoms with Crippen LogP contribution in [-0.4, -0.2) is 20.5 Å². The van der Waals surface area contributed by atoms with Gasteiger partial charge in [-0.05, 0) is 38.1 Å². The van der Waals surface area contributed by atoms with E-state index in [2.05, 4.69) is 10.1 Å². The Morgan fingerprint density at radius 2 is 1.88 bits per heavy atom. The number of aromatic nitrogens is 3. The van der Waals surface area contributed by atoms with Gasteiger partial charge >= 0.3 is 0 Å². The van der Waals surface area contributed by atoms with Crippen LogP contribution in [0.1, 0.15) is 35.4 Å². The molecule has 0 saturated heterocycles. The monoisotopic (exact) mass is 229 g/mol. The third kappa shape index (κ3) is 2.25. The molecule has 2 rings (SSSR count). The molecular formula is C13H15N3O. The Kier molecular flexibility index (Phi) is 3.04. The Labute approximate surface area is 100 Å². The van der Waals surface area contributed by atoms with E-state index in [1.165, 1.54) is 0 Å². The van der Waals surface area contributed by atoms with Gasteiger partial charge < -0.3 is 0 Å². The van der Waals surface area contributed by atoms with Gasteiger partial charge in [0.15, 0.2) is 5.78 Å². The Morgan fingerprint density at radius 1 is 1.24 bits per heavy atom. The number of rotatable bonds is 3. The zero-order chi connectivity index (χ0) is 12.4. The summed E-state index contributed by atoms with van der Waals surface area (Å²) in [6, 6.07) is 7.45. The molecular weight excluding hydrogens is 214 g/mol. The maximum Gasteiger partial charge on any atom is 0.162 e. The Hall–Kier alpha value is -1.97. The highest BCUT2D eigenvalue weighted by Crippen LogP contribution is 2.12. The van der Waals surface area contributed by atoms with E-state index < -0.39 is 0 Å². The first kappa shape index (κ1) is 11.5. The van der Waals surface area contributed by atoms with Crippen molar-refractivity contribution in [3.8, 4) is 5.69 Å². The quantitative estimate of drug-likeness (QED) is 0.760. The fraction of sp³-hybridized carbons (Fsp3) is 0.308. The van der Waals surface area contributed by atoms with Gasteiger partial charge in [-0.25, -0.2) is 9.67 Å². The van der Waals surface area contributed by atoms with Crippen molar-refractivity contribution < 1.29 is 4.79 Å². The smallest absolute Gasteiger partial charge is 0.162 e. The third-order valence-electron chi connectivity index (χ3n) is 2.63. The second-order valence-corrected chi connectivity index (χ2v) is 3.94. The molecule has 0 N–H and O–H groups in total. The molecule has 17 heavy (non-hydrogen) atoms. The number of hydrogen-bond acceptors (Lipinski definition) is 3. The number of nitrogens with zero attached hydrogens (tertiary/aromatic N) is 3. The van der Waals surface area contributed by atoms with E-state index in [9.17, 15) is 4.79 Å². The second-order valence-electron chi connectivity index (χ2n) is 3.94. The van der Waals surface area contributed by atoms with E-state index in [1.807, 2.05) is 45.0 Å². The second kappa shape index (κ2) is 4.49. The summed E-state index contributed by atoms with van der Waals surface area (Å²) in [4.78, 5) is 15.7. The maximum absolute atomic E-state index is 11.5. The fourth-order valence-corrected chi connectivity index (χ4v) is 1.76. The minimum atomic E-state index is 0.156. The van der Waals surface area contributed by atoms with Crippen LogP contribution in [0.15, 0.2) is 24.3 Å². The van der Waals surface area contributed by atoms with E-state index in [-0.39, 0.29) is 5.78 Å². The molecule has 0 aliphatic carbocycles. The lowest BCUT2D eigenvalue weighted by Crippen LogP contribution is -2.01. The summed E-state index contributed by atoms with van der Waals surface area (Å²) < 4.78 is 1.77. The first-order valence-corrected chi connectivity index (χ1v) is 5.65. The molecule has 88 valence electrons. The van der Waals surface area contributed by atoms with Gasteiger partial charge in [-0.2, -0.15) is 5.10 Å². The largest absolute Gasteiger partial charge is 0.294 e. The topological polar surface area (TPSA) is 47.8 Å². The Morgan fingerprint density at radius 3 is 2.35 bits per heavy atom. The van der Waals surface area contributed by atoms with Gasteiger partial charge in [-0.15, -0.1) is 0 Å². The highest BCUT2D eigenvalue weighted by Gasteiger charge is 2.06. The van der Waals surface area contributed by atoms with Gasteiger partial charge in [0.2, 0.25) is 0 Å². The van der Waals surface area contributed by atoms with Crippen molar-refractivity contribution >= 4 is 5.78 Å². The normalized spacial score (nSPS) is 10.5. The molecule has 4 heteroatoms. The minimum absolute atomic E-state index is 0.156. The number of hydrogen-bond donors (Lipinski definition) is 0. The van der Waals surface area contributed by atoms with Crippen LogP contribution in [0.2, 0.25) is 0 Å². The van der Waals surface area contributed by atoms with Crippen LogP contribution in [0.3, 0.4) is 0 Å². The molecule has 0 aliphatic heterocycles. The van der Waals surface area contributed by atoms with Crippen LogP contribution in [0.4, 0.5) is 0 Å². The van der Waals surface area contributed by atoms with Crippen molar-refractivity contribution in [3.05, 3.63) is 41.5 Å². The first-order chi connectivity index (χ1) is 8.11. The molecule has 0 spiro atoms. The number of Topliss-reactive ketones (excluding diaryl/α,β-unsaturated/α-hetero) is 1. The SMILES string of the molecule is CCC(=O)c1ccc(-n2nc(C)nc2C)cc1. The molecule has 4 nitrogen and oxygen atoms in total. The Bertz CT molecular complexity index is 540. The van der Waals surface area contributed by atoms with Crippen molar-refractivity contribution in [1.29, 1.82) is 0 Å². The van der Waals surface area contributed by atoms with E-state index in [0.717, 1.165) is 22.9 Å². The van der Waals surface area contributed by atoms with Crippen molar-refractivity contribution in [2.45, 2.75) is 27.2 Å². The number of aryl methyl sites for hydroxylation is 2. The van der Waals surface area contributed by atoms with Crippen LogP contribution >= 0.6 is 0 Å². The molecule has 1 aromatic heterocycles. The lowest BCUT2D eigenvalue weighted by Gasteiger charge is -2.04. The van der Waals surface area contributed by atoms with Gasteiger partial charge in [0.05, 0.1) is 5.69 Å². The average Bonchev–Trinajstić information content (AvgIpc) is 2.68. The van der Waals surface area contributed by atoms with Gasteiger partial charge in [0.1, 0.15) is 11.6 Å². The fourth-order valence-electron chi connectivity index (χ4n) is 1.76. The summed E-state index contributed by atoms with van der Waals surface area (Å²) in [6.07, 6.45) is 0.529. The third-order valence-corrected chi connectivity index (χ3v) is 2.63. The maximum atomic E-state index is 11.5. The highest BCUT2D eigenvalue weighted by molar-refractivity contribution is 5.95. The molecule has 0 bridgehead atoms. The van der Waals surface area contributed by atoms with E-state index >= 15 is 0 Å². The van der Waals surface area contributed by atoms with Crippen molar-refractivity contribution in [1.82, 2.24) is 14.8 Å². The van der Waals surface area contributed by atoms with Crippen molar-refractivity contribution in [3.63, 3.8) is 0 Å². The van der Waals surface area contributed by atoms with E-state index in [4.69, 9.17) is 0 Å². The molecule has 0 radical (unpaired) electrons. The summed E-state index contributed by atoms with van der Waals surface area (Å²) >= 11 is 0. The molecule has 1 aromatic carbocycles. The molecule has 2 aromatic rings. The highest BCUT2D eigenvalue weighted by atomic mass is 16.1. The van der Waals surface area contributed by atoms with E-state index in [1.54, 1.807) is 4.68 Å². The molecule has 1 heterocycles. The molecule has 0 fully saturated rings. The lowest BCUT2D eigenvalue weighted by molar-refractivity contribution is 0.0988. The summed E-state index contributed by atoms with van der Waals surface area (Å²) in [5.74, 6) is 1.75. The van der Waals surface area contributed by atoms with Gasteiger partial charge in [-0.3, -0.25) is 4.79 Å². The van der Waals surface area contributed by atoms with Gasteiger partial charge in [-0.1, -0.05) is 6.92 Å². The first-order valence-electron chi connectivity index (χ1n) is 5.65. The molecule has 0 atom stereocenters. The van der Waals surface area contributed by atoms with Crippen LogP contribution in [-0.2, 0) is 0 Å². The van der Waals surface area contributed by atoms with Crippen molar-refractivity contribution in [2.75, 3.05) is 0 Å².